The summed E-state index contributed by atoms with van der Waals surface area (Å²) < 4.78 is 16.1. The van der Waals surface area contributed by atoms with Gasteiger partial charge >= 0.3 is 5.97 Å². The van der Waals surface area contributed by atoms with Crippen LogP contribution in [-0.4, -0.2) is 51.5 Å². The van der Waals surface area contributed by atoms with Crippen LogP contribution in [0.1, 0.15) is 37.0 Å². The molecule has 1 N–H and O–H groups in total. The standard InChI is InChI=1S/C18H27NO4/c1-14-12-19(13-15(2)23-14)10-4-5-11-22-17-8-6-16(7-9-17)18(20)21-3/h6-9,14-15H,4-5,10-13H2,1-3H3/p+1/t14-,15-/m0/s1. The van der Waals surface area contributed by atoms with Gasteiger partial charge in [0.25, 0.3) is 0 Å². The Labute approximate surface area is 138 Å². The van der Waals surface area contributed by atoms with Gasteiger partial charge in [-0.1, -0.05) is 0 Å². The van der Waals surface area contributed by atoms with E-state index in [0.29, 0.717) is 24.4 Å². The number of hydrogen-bond donors (Lipinski definition) is 1. The first-order valence-electron chi connectivity index (χ1n) is 8.38. The van der Waals surface area contributed by atoms with E-state index in [1.54, 1.807) is 17.0 Å². The molecule has 0 radical (unpaired) electrons. The quantitative estimate of drug-likeness (QED) is 0.608. The number of carbonyl (C=O) groups is 1. The van der Waals surface area contributed by atoms with Gasteiger partial charge in [0.1, 0.15) is 31.0 Å². The van der Waals surface area contributed by atoms with Gasteiger partial charge in [0.2, 0.25) is 0 Å². The molecule has 0 saturated carbocycles. The number of unbranched alkanes of at least 4 members (excludes halogenated alkanes) is 1. The number of hydrogen-bond acceptors (Lipinski definition) is 4. The lowest BCUT2D eigenvalue weighted by molar-refractivity contribution is -0.915. The first-order chi connectivity index (χ1) is 11.1. The Hall–Kier alpha value is -1.59. The van der Waals surface area contributed by atoms with E-state index in [1.807, 2.05) is 12.1 Å². The smallest absolute Gasteiger partial charge is 0.337 e. The minimum Gasteiger partial charge on any atom is -0.494 e. The number of carbonyl (C=O) groups excluding carboxylic acids is 1. The molecule has 1 aromatic carbocycles. The van der Waals surface area contributed by atoms with Crippen molar-refractivity contribution in [1.82, 2.24) is 0 Å². The number of esters is 1. The molecule has 23 heavy (non-hydrogen) atoms. The van der Waals surface area contributed by atoms with E-state index in [2.05, 4.69) is 18.6 Å². The van der Waals surface area contributed by atoms with Gasteiger partial charge in [-0.3, -0.25) is 0 Å². The third kappa shape index (κ3) is 5.84. The molecule has 0 unspecified atom stereocenters. The minimum absolute atomic E-state index is 0.325. The minimum atomic E-state index is -0.325. The van der Waals surface area contributed by atoms with Crippen LogP contribution in [0.5, 0.6) is 5.75 Å². The number of ether oxygens (including phenoxy) is 3. The average Bonchev–Trinajstić information content (AvgIpc) is 2.53. The molecule has 0 aliphatic carbocycles. The summed E-state index contributed by atoms with van der Waals surface area (Å²) in [6.45, 7) is 8.36. The SMILES string of the molecule is COC(=O)c1ccc(OCCCC[NH+]2C[C@H](C)O[C@@H](C)C2)cc1. The van der Waals surface area contributed by atoms with E-state index in [-0.39, 0.29) is 5.97 Å². The normalized spacial score (nSPS) is 24.2. The highest BCUT2D eigenvalue weighted by Gasteiger charge is 2.24. The largest absolute Gasteiger partial charge is 0.494 e. The van der Waals surface area contributed by atoms with Gasteiger partial charge in [-0.25, -0.2) is 4.79 Å². The van der Waals surface area contributed by atoms with E-state index in [0.717, 1.165) is 31.7 Å². The van der Waals surface area contributed by atoms with Crippen LogP contribution in [0.2, 0.25) is 0 Å². The van der Waals surface area contributed by atoms with Gasteiger partial charge in [0.15, 0.2) is 0 Å². The number of quaternary nitrogens is 1. The molecule has 1 aliphatic rings. The van der Waals surface area contributed by atoms with Gasteiger partial charge in [0.05, 0.1) is 25.8 Å². The monoisotopic (exact) mass is 322 g/mol. The zero-order valence-electron chi connectivity index (χ0n) is 14.3. The van der Waals surface area contributed by atoms with Crippen molar-refractivity contribution in [3.63, 3.8) is 0 Å². The van der Waals surface area contributed by atoms with Crippen molar-refractivity contribution in [2.24, 2.45) is 0 Å². The van der Waals surface area contributed by atoms with Gasteiger partial charge < -0.3 is 19.1 Å². The number of nitrogens with one attached hydrogen (secondary N) is 1. The Morgan fingerprint density at radius 1 is 1.17 bits per heavy atom. The number of benzene rings is 1. The lowest BCUT2D eigenvalue weighted by Crippen LogP contribution is -3.15. The summed E-state index contributed by atoms with van der Waals surface area (Å²) in [5.41, 5.74) is 0.541. The molecule has 0 bridgehead atoms. The molecule has 1 aromatic rings. The molecule has 128 valence electrons. The van der Waals surface area contributed by atoms with Crippen molar-refractivity contribution in [3.05, 3.63) is 29.8 Å². The van der Waals surface area contributed by atoms with Crippen LogP contribution in [0.4, 0.5) is 0 Å². The van der Waals surface area contributed by atoms with E-state index < -0.39 is 0 Å². The highest BCUT2D eigenvalue weighted by atomic mass is 16.5. The molecular weight excluding hydrogens is 294 g/mol. The molecule has 1 saturated heterocycles. The second-order valence-corrected chi connectivity index (χ2v) is 6.24. The van der Waals surface area contributed by atoms with Crippen molar-refractivity contribution in [2.75, 3.05) is 33.4 Å². The van der Waals surface area contributed by atoms with Crippen molar-refractivity contribution in [3.8, 4) is 5.75 Å². The van der Waals surface area contributed by atoms with Gasteiger partial charge in [0, 0.05) is 0 Å². The molecule has 1 aliphatic heterocycles. The Balaban J connectivity index is 1.63. The predicted octanol–water partition coefficient (Wildman–Crippen LogP) is 1.32. The summed E-state index contributed by atoms with van der Waals surface area (Å²) in [6, 6.07) is 7.06. The van der Waals surface area contributed by atoms with Crippen LogP contribution in [0, 0.1) is 0 Å². The fraction of sp³-hybridized carbons (Fsp3) is 0.611. The molecule has 2 atom stereocenters. The molecule has 2 rings (SSSR count). The maximum Gasteiger partial charge on any atom is 0.337 e. The second kappa shape index (κ2) is 8.89. The maximum atomic E-state index is 11.3. The fourth-order valence-electron chi connectivity index (χ4n) is 3.07. The third-order valence-electron chi connectivity index (χ3n) is 4.09. The molecule has 1 fully saturated rings. The van der Waals surface area contributed by atoms with Gasteiger partial charge in [-0.15, -0.1) is 0 Å². The second-order valence-electron chi connectivity index (χ2n) is 6.24. The summed E-state index contributed by atoms with van der Waals surface area (Å²) in [5, 5.41) is 0. The van der Waals surface area contributed by atoms with Gasteiger partial charge in [-0.05, 0) is 51.0 Å². The molecule has 1 heterocycles. The molecule has 0 amide bonds. The topological polar surface area (TPSA) is 49.2 Å². The fourth-order valence-corrected chi connectivity index (χ4v) is 3.07. The van der Waals surface area contributed by atoms with Crippen LogP contribution in [0.15, 0.2) is 24.3 Å². The number of rotatable bonds is 7. The number of morpholine rings is 1. The lowest BCUT2D eigenvalue weighted by Gasteiger charge is -2.32. The van der Waals surface area contributed by atoms with E-state index in [4.69, 9.17) is 9.47 Å². The summed E-state index contributed by atoms with van der Waals surface area (Å²) in [7, 11) is 1.38. The summed E-state index contributed by atoms with van der Waals surface area (Å²) in [6.07, 6.45) is 2.90. The summed E-state index contributed by atoms with van der Waals surface area (Å²) in [5.74, 6) is 0.465. The highest BCUT2D eigenvalue weighted by Crippen LogP contribution is 2.13. The van der Waals surface area contributed by atoms with Crippen LogP contribution in [0.3, 0.4) is 0 Å². The first kappa shape index (κ1) is 17.8. The molecule has 0 aromatic heterocycles. The van der Waals surface area contributed by atoms with Crippen molar-refractivity contribution >= 4 is 5.97 Å². The van der Waals surface area contributed by atoms with Crippen molar-refractivity contribution in [2.45, 2.75) is 38.9 Å². The third-order valence-corrected chi connectivity index (χ3v) is 4.09. The first-order valence-corrected chi connectivity index (χ1v) is 8.38. The molecule has 0 spiro atoms. The molecule has 5 heteroatoms. The predicted molar refractivity (Wildman–Crippen MR) is 88.1 cm³/mol. The van der Waals surface area contributed by atoms with Gasteiger partial charge in [-0.2, -0.15) is 0 Å². The highest BCUT2D eigenvalue weighted by molar-refractivity contribution is 5.89. The van der Waals surface area contributed by atoms with Crippen molar-refractivity contribution in [1.29, 1.82) is 0 Å². The summed E-state index contributed by atoms with van der Waals surface area (Å²) in [4.78, 5) is 13.0. The van der Waals surface area contributed by atoms with Crippen LogP contribution >= 0.6 is 0 Å². The maximum absolute atomic E-state index is 11.3. The molecule has 5 nitrogen and oxygen atoms in total. The Morgan fingerprint density at radius 3 is 2.43 bits per heavy atom. The summed E-state index contributed by atoms with van der Waals surface area (Å²) >= 11 is 0. The van der Waals surface area contributed by atoms with Crippen LogP contribution in [0.25, 0.3) is 0 Å². The zero-order valence-corrected chi connectivity index (χ0v) is 14.3. The van der Waals surface area contributed by atoms with Crippen LogP contribution < -0.4 is 9.64 Å². The van der Waals surface area contributed by atoms with E-state index in [9.17, 15) is 4.79 Å². The van der Waals surface area contributed by atoms with Crippen molar-refractivity contribution < 1.29 is 23.9 Å². The Bertz CT molecular complexity index is 478. The lowest BCUT2D eigenvalue weighted by atomic mass is 10.2. The van der Waals surface area contributed by atoms with E-state index >= 15 is 0 Å². The van der Waals surface area contributed by atoms with Crippen LogP contribution in [-0.2, 0) is 9.47 Å². The van der Waals surface area contributed by atoms with E-state index in [1.165, 1.54) is 13.7 Å². The zero-order chi connectivity index (χ0) is 16.7. The molecular formula is C18H28NO4+. The Kier molecular flexibility index (Phi) is 6.86. The Morgan fingerprint density at radius 2 is 1.83 bits per heavy atom. The average molecular weight is 322 g/mol. The number of methoxy groups -OCH3 is 1.